The molecule has 5 nitrogen and oxygen atoms in total. The Hall–Kier alpha value is -0.560. The van der Waals surface area contributed by atoms with E-state index >= 15 is 0 Å². The number of H-pyrrole nitrogens is 1. The Balaban J connectivity index is 0.000000810. The fraction of sp³-hybridized carbons (Fsp3) is 0.400. The zero-order valence-corrected chi connectivity index (χ0v) is 12.7. The smallest absolute Gasteiger partial charge is 0.157 e. The molecule has 2 aromatic heterocycles. The minimum Gasteiger partial charge on any atom is -0.367 e. The molecule has 0 unspecified atom stereocenters. The van der Waals surface area contributed by atoms with Crippen LogP contribution in [0.25, 0.3) is 11.0 Å². The predicted octanol–water partition coefficient (Wildman–Crippen LogP) is 1.97. The number of hydrogen-bond acceptors (Lipinski definition) is 4. The van der Waals surface area contributed by atoms with Gasteiger partial charge in [0, 0.05) is 32.4 Å². The zero-order chi connectivity index (χ0) is 11.0. The molecule has 0 atom stereocenters. The van der Waals surface area contributed by atoms with E-state index in [0.717, 1.165) is 41.7 Å². The summed E-state index contributed by atoms with van der Waals surface area (Å²) >= 11 is 3.57. The second-order valence-corrected chi connectivity index (χ2v) is 4.68. The molecule has 3 rings (SSSR count). The van der Waals surface area contributed by atoms with Crippen molar-refractivity contribution < 1.29 is 0 Å². The molecule has 1 aliphatic rings. The summed E-state index contributed by atoms with van der Waals surface area (Å²) in [6.07, 6.45) is 3.67. The van der Waals surface area contributed by atoms with Crippen molar-refractivity contribution in [2.75, 3.05) is 31.1 Å². The van der Waals surface area contributed by atoms with Crippen LogP contribution in [0.15, 0.2) is 16.9 Å². The number of halogens is 3. The van der Waals surface area contributed by atoms with Gasteiger partial charge in [0.2, 0.25) is 0 Å². The molecule has 18 heavy (non-hydrogen) atoms. The van der Waals surface area contributed by atoms with Crippen LogP contribution in [-0.4, -0.2) is 41.4 Å². The van der Waals surface area contributed by atoms with Gasteiger partial charge >= 0.3 is 0 Å². The molecule has 0 aromatic carbocycles. The second kappa shape index (κ2) is 6.56. The Kier molecular flexibility index (Phi) is 5.65. The van der Waals surface area contributed by atoms with Crippen molar-refractivity contribution in [3.63, 3.8) is 0 Å². The van der Waals surface area contributed by atoms with Crippen molar-refractivity contribution >= 4 is 57.5 Å². The second-order valence-electron chi connectivity index (χ2n) is 3.82. The van der Waals surface area contributed by atoms with Crippen molar-refractivity contribution in [1.29, 1.82) is 0 Å². The third kappa shape index (κ3) is 2.71. The molecule has 3 heterocycles. The summed E-state index contributed by atoms with van der Waals surface area (Å²) in [7, 11) is 0. The van der Waals surface area contributed by atoms with Crippen LogP contribution in [0.2, 0.25) is 0 Å². The van der Waals surface area contributed by atoms with E-state index in [1.54, 1.807) is 0 Å². The molecule has 1 aliphatic heterocycles. The van der Waals surface area contributed by atoms with Gasteiger partial charge in [-0.2, -0.15) is 5.10 Å². The molecule has 0 saturated carbocycles. The number of nitrogens with zero attached hydrogens (tertiary/aromatic N) is 3. The van der Waals surface area contributed by atoms with E-state index in [0.29, 0.717) is 0 Å². The molecule has 1 fully saturated rings. The van der Waals surface area contributed by atoms with Gasteiger partial charge in [-0.3, -0.25) is 5.10 Å². The van der Waals surface area contributed by atoms with Gasteiger partial charge in [-0.15, -0.1) is 24.8 Å². The quantitative estimate of drug-likeness (QED) is 0.822. The first-order valence-electron chi connectivity index (χ1n) is 5.29. The maximum absolute atomic E-state index is 4.29. The number of hydrogen-bond donors (Lipinski definition) is 2. The van der Waals surface area contributed by atoms with E-state index in [-0.39, 0.29) is 24.8 Å². The lowest BCUT2D eigenvalue weighted by Gasteiger charge is -2.30. The molecule has 0 bridgehead atoms. The Labute approximate surface area is 126 Å². The van der Waals surface area contributed by atoms with Crippen molar-refractivity contribution in [1.82, 2.24) is 20.5 Å². The lowest BCUT2D eigenvalue weighted by atomic mass is 10.2. The van der Waals surface area contributed by atoms with Crippen LogP contribution in [0.4, 0.5) is 5.69 Å². The van der Waals surface area contributed by atoms with Gasteiger partial charge in [0.15, 0.2) is 5.65 Å². The van der Waals surface area contributed by atoms with E-state index < -0.39 is 0 Å². The van der Waals surface area contributed by atoms with E-state index in [2.05, 4.69) is 41.3 Å². The van der Waals surface area contributed by atoms with Crippen molar-refractivity contribution in [3.05, 3.63) is 16.9 Å². The van der Waals surface area contributed by atoms with Crippen LogP contribution in [0.5, 0.6) is 0 Å². The summed E-state index contributed by atoms with van der Waals surface area (Å²) in [6, 6.07) is 0. The molecule has 100 valence electrons. The SMILES string of the molecule is Brc1cnc2[nH]ncc2c1N1CCNCC1.Cl.Cl. The van der Waals surface area contributed by atoms with E-state index in [1.807, 2.05) is 12.4 Å². The number of pyridine rings is 1. The highest BCUT2D eigenvalue weighted by atomic mass is 79.9. The number of anilines is 1. The maximum atomic E-state index is 4.29. The third-order valence-electron chi connectivity index (χ3n) is 2.84. The Morgan fingerprint density at radius 3 is 2.61 bits per heavy atom. The maximum Gasteiger partial charge on any atom is 0.157 e. The van der Waals surface area contributed by atoms with Crippen molar-refractivity contribution in [2.45, 2.75) is 0 Å². The lowest BCUT2D eigenvalue weighted by Crippen LogP contribution is -2.43. The van der Waals surface area contributed by atoms with Gasteiger partial charge in [0.25, 0.3) is 0 Å². The number of piperazine rings is 1. The fourth-order valence-corrected chi connectivity index (χ4v) is 2.64. The molecule has 8 heteroatoms. The molecule has 0 radical (unpaired) electrons. The average molecular weight is 355 g/mol. The van der Waals surface area contributed by atoms with Crippen LogP contribution in [0.1, 0.15) is 0 Å². The van der Waals surface area contributed by atoms with Crippen molar-refractivity contribution in [3.8, 4) is 0 Å². The Morgan fingerprint density at radius 2 is 1.89 bits per heavy atom. The van der Waals surface area contributed by atoms with Gasteiger partial charge in [-0.1, -0.05) is 0 Å². The highest BCUT2D eigenvalue weighted by molar-refractivity contribution is 9.10. The summed E-state index contributed by atoms with van der Waals surface area (Å²) < 4.78 is 1.03. The summed E-state index contributed by atoms with van der Waals surface area (Å²) in [5.41, 5.74) is 2.04. The average Bonchev–Trinajstić information content (AvgIpc) is 2.78. The van der Waals surface area contributed by atoms with Crippen LogP contribution in [0, 0.1) is 0 Å². The van der Waals surface area contributed by atoms with Gasteiger partial charge in [-0.05, 0) is 15.9 Å². The number of nitrogens with one attached hydrogen (secondary N) is 2. The van der Waals surface area contributed by atoms with E-state index in [9.17, 15) is 0 Å². The summed E-state index contributed by atoms with van der Waals surface area (Å²) in [6.45, 7) is 4.08. The molecule has 0 amide bonds. The van der Waals surface area contributed by atoms with Crippen LogP contribution < -0.4 is 10.2 Å². The van der Waals surface area contributed by atoms with Gasteiger partial charge in [0.1, 0.15) is 0 Å². The molecule has 1 saturated heterocycles. The lowest BCUT2D eigenvalue weighted by molar-refractivity contribution is 0.589. The summed E-state index contributed by atoms with van der Waals surface area (Å²) in [4.78, 5) is 6.65. The zero-order valence-electron chi connectivity index (χ0n) is 9.52. The molecular formula is C10H14BrCl2N5. The molecule has 2 aromatic rings. The van der Waals surface area contributed by atoms with E-state index in [1.165, 1.54) is 5.69 Å². The largest absolute Gasteiger partial charge is 0.367 e. The highest BCUT2D eigenvalue weighted by Crippen LogP contribution is 2.32. The first-order chi connectivity index (χ1) is 7.86. The van der Waals surface area contributed by atoms with E-state index in [4.69, 9.17) is 0 Å². The number of fused-ring (bicyclic) bond motifs is 1. The van der Waals surface area contributed by atoms with Crippen LogP contribution in [0.3, 0.4) is 0 Å². The number of rotatable bonds is 1. The monoisotopic (exact) mass is 353 g/mol. The van der Waals surface area contributed by atoms with Gasteiger partial charge < -0.3 is 10.2 Å². The van der Waals surface area contributed by atoms with Crippen LogP contribution >= 0.6 is 40.7 Å². The fourth-order valence-electron chi connectivity index (χ4n) is 2.07. The van der Waals surface area contributed by atoms with Crippen LogP contribution in [-0.2, 0) is 0 Å². The minimum atomic E-state index is 0. The first kappa shape index (κ1) is 15.5. The highest BCUT2D eigenvalue weighted by Gasteiger charge is 2.17. The summed E-state index contributed by atoms with van der Waals surface area (Å²) in [5, 5.41) is 11.4. The summed E-state index contributed by atoms with van der Waals surface area (Å²) in [5.74, 6) is 0. The topological polar surface area (TPSA) is 56.8 Å². The minimum absolute atomic E-state index is 0. The number of aromatic nitrogens is 3. The van der Waals surface area contributed by atoms with Gasteiger partial charge in [0.05, 0.1) is 21.7 Å². The first-order valence-corrected chi connectivity index (χ1v) is 6.09. The van der Waals surface area contributed by atoms with Crippen molar-refractivity contribution in [2.24, 2.45) is 0 Å². The molecule has 0 spiro atoms. The molecule has 2 N–H and O–H groups in total. The predicted molar refractivity (Wildman–Crippen MR) is 81.2 cm³/mol. The number of aromatic amines is 1. The third-order valence-corrected chi connectivity index (χ3v) is 3.42. The Morgan fingerprint density at radius 1 is 1.17 bits per heavy atom. The van der Waals surface area contributed by atoms with Gasteiger partial charge in [-0.25, -0.2) is 4.98 Å². The molecule has 0 aliphatic carbocycles. The Bertz CT molecular complexity index is 512. The normalized spacial score (nSPS) is 15.1. The molecular weight excluding hydrogens is 341 g/mol. The standard InChI is InChI=1S/C10H12BrN5.2ClH/c11-8-6-13-10-7(5-14-15-10)9(8)16-3-1-12-2-4-16;;/h5-6,12H,1-4H2,(H,13,14,15);2*1H.